The Labute approximate surface area is 109 Å². The van der Waals surface area contributed by atoms with Crippen molar-refractivity contribution in [3.8, 4) is 0 Å². The molecule has 0 bridgehead atoms. The van der Waals surface area contributed by atoms with Crippen molar-refractivity contribution in [3.63, 3.8) is 0 Å². The minimum absolute atomic E-state index is 0.559. The van der Waals surface area contributed by atoms with Crippen molar-refractivity contribution in [2.75, 3.05) is 32.2 Å². The minimum Gasteiger partial charge on any atom is -0.381 e. The predicted octanol–water partition coefficient (Wildman–Crippen LogP) is 1.06. The molecule has 5 nitrogen and oxygen atoms in total. The van der Waals surface area contributed by atoms with Gasteiger partial charge in [0.05, 0.1) is 5.69 Å². The molecule has 1 aromatic heterocycles. The lowest BCUT2D eigenvalue weighted by Crippen LogP contribution is -2.38. The van der Waals surface area contributed by atoms with Gasteiger partial charge in [0, 0.05) is 45.5 Å². The van der Waals surface area contributed by atoms with Crippen molar-refractivity contribution < 1.29 is 4.74 Å². The average molecular weight is 252 g/mol. The summed E-state index contributed by atoms with van der Waals surface area (Å²) in [6.07, 6.45) is 2.19. The lowest BCUT2D eigenvalue weighted by molar-refractivity contribution is 0.0852. The molecule has 0 aliphatic carbocycles. The Morgan fingerprint density at radius 3 is 2.72 bits per heavy atom. The second-order valence-electron chi connectivity index (χ2n) is 5.00. The fraction of sp³-hybridized carbons (Fsp3) is 0.769. The van der Waals surface area contributed by atoms with Crippen molar-refractivity contribution in [2.24, 2.45) is 7.05 Å². The van der Waals surface area contributed by atoms with E-state index in [1.54, 1.807) is 0 Å². The molecule has 18 heavy (non-hydrogen) atoms. The van der Waals surface area contributed by atoms with Crippen molar-refractivity contribution in [3.05, 3.63) is 11.3 Å². The number of aromatic nitrogens is 2. The highest BCUT2D eigenvalue weighted by molar-refractivity contribution is 5.50. The molecular weight excluding hydrogens is 228 g/mol. The Hall–Kier alpha value is -1.07. The van der Waals surface area contributed by atoms with E-state index in [0.29, 0.717) is 6.04 Å². The van der Waals surface area contributed by atoms with Crippen LogP contribution < -0.4 is 10.2 Å². The van der Waals surface area contributed by atoms with E-state index in [2.05, 4.69) is 29.3 Å². The van der Waals surface area contributed by atoms with Crippen LogP contribution in [0.3, 0.4) is 0 Å². The third-order valence-electron chi connectivity index (χ3n) is 3.74. The molecule has 0 radical (unpaired) electrons. The molecule has 1 N–H and O–H groups in total. The number of ether oxygens (including phenoxy) is 1. The van der Waals surface area contributed by atoms with Gasteiger partial charge >= 0.3 is 0 Å². The summed E-state index contributed by atoms with van der Waals surface area (Å²) in [5, 5.41) is 7.78. The number of hydrogen-bond acceptors (Lipinski definition) is 4. The standard InChI is InChI=1S/C13H24N4O/c1-10-12(9-14-2)13(17(4)15-10)16(3)11-5-7-18-8-6-11/h11,14H,5-9H2,1-4H3. The summed E-state index contributed by atoms with van der Waals surface area (Å²) in [5.74, 6) is 1.23. The van der Waals surface area contributed by atoms with Gasteiger partial charge in [-0.05, 0) is 26.8 Å². The second-order valence-corrected chi connectivity index (χ2v) is 5.00. The molecule has 0 spiro atoms. The van der Waals surface area contributed by atoms with Crippen LogP contribution in [-0.4, -0.2) is 43.1 Å². The molecule has 0 unspecified atom stereocenters. The first-order chi connectivity index (χ1) is 8.65. The molecule has 2 rings (SSSR count). The van der Waals surface area contributed by atoms with Gasteiger partial charge in [0.1, 0.15) is 5.82 Å². The van der Waals surface area contributed by atoms with Gasteiger partial charge in [-0.15, -0.1) is 0 Å². The molecular formula is C13H24N4O. The number of anilines is 1. The van der Waals surface area contributed by atoms with Crippen LogP contribution in [0.5, 0.6) is 0 Å². The van der Waals surface area contributed by atoms with Crippen LogP contribution in [0, 0.1) is 6.92 Å². The molecule has 102 valence electrons. The first-order valence-corrected chi connectivity index (χ1v) is 6.62. The summed E-state index contributed by atoms with van der Waals surface area (Å²) in [7, 11) is 6.17. The summed E-state index contributed by atoms with van der Waals surface area (Å²) in [6.45, 7) is 4.68. The van der Waals surface area contributed by atoms with Crippen LogP contribution in [0.25, 0.3) is 0 Å². The number of hydrogen-bond donors (Lipinski definition) is 1. The summed E-state index contributed by atoms with van der Waals surface area (Å²) >= 11 is 0. The fourth-order valence-corrected chi connectivity index (χ4v) is 2.76. The maximum absolute atomic E-state index is 5.44. The Morgan fingerprint density at radius 1 is 1.44 bits per heavy atom. The zero-order valence-corrected chi connectivity index (χ0v) is 11.9. The molecule has 0 amide bonds. The lowest BCUT2D eigenvalue weighted by Gasteiger charge is -2.33. The average Bonchev–Trinajstić information content (AvgIpc) is 2.65. The second kappa shape index (κ2) is 5.71. The van der Waals surface area contributed by atoms with Gasteiger partial charge in [-0.3, -0.25) is 4.68 Å². The molecule has 1 saturated heterocycles. The Kier molecular flexibility index (Phi) is 4.24. The van der Waals surface area contributed by atoms with Crippen LogP contribution >= 0.6 is 0 Å². The third kappa shape index (κ3) is 2.52. The quantitative estimate of drug-likeness (QED) is 0.870. The molecule has 1 aromatic rings. The highest BCUT2D eigenvalue weighted by Crippen LogP contribution is 2.26. The van der Waals surface area contributed by atoms with Crippen LogP contribution in [-0.2, 0) is 18.3 Å². The van der Waals surface area contributed by atoms with E-state index in [4.69, 9.17) is 4.74 Å². The van der Waals surface area contributed by atoms with Crippen LogP contribution in [0.4, 0.5) is 5.82 Å². The van der Waals surface area contributed by atoms with E-state index in [9.17, 15) is 0 Å². The number of aryl methyl sites for hydroxylation is 2. The topological polar surface area (TPSA) is 42.3 Å². The Balaban J connectivity index is 2.24. The van der Waals surface area contributed by atoms with Crippen molar-refractivity contribution in [1.82, 2.24) is 15.1 Å². The summed E-state index contributed by atoms with van der Waals surface area (Å²) in [5.41, 5.74) is 2.41. The molecule has 1 aliphatic heterocycles. The van der Waals surface area contributed by atoms with Gasteiger partial charge in [-0.2, -0.15) is 5.10 Å². The van der Waals surface area contributed by atoms with Gasteiger partial charge in [0.15, 0.2) is 0 Å². The first kappa shape index (κ1) is 13.4. The molecule has 0 atom stereocenters. The Morgan fingerprint density at radius 2 is 2.11 bits per heavy atom. The Bertz CT molecular complexity index is 396. The maximum atomic E-state index is 5.44. The zero-order chi connectivity index (χ0) is 13.1. The normalized spacial score (nSPS) is 17.1. The van der Waals surface area contributed by atoms with E-state index in [-0.39, 0.29) is 0 Å². The number of nitrogens with zero attached hydrogens (tertiary/aromatic N) is 3. The molecule has 5 heteroatoms. The maximum Gasteiger partial charge on any atom is 0.131 e. The SMILES string of the molecule is CNCc1c(C)nn(C)c1N(C)C1CCOCC1. The van der Waals surface area contributed by atoms with Gasteiger partial charge in [-0.1, -0.05) is 0 Å². The van der Waals surface area contributed by atoms with Crippen LogP contribution in [0.1, 0.15) is 24.1 Å². The molecule has 2 heterocycles. The predicted molar refractivity (Wildman–Crippen MR) is 73.0 cm³/mol. The molecule has 1 fully saturated rings. The first-order valence-electron chi connectivity index (χ1n) is 6.62. The van der Waals surface area contributed by atoms with Gasteiger partial charge in [0.25, 0.3) is 0 Å². The van der Waals surface area contributed by atoms with E-state index in [1.165, 1.54) is 11.4 Å². The van der Waals surface area contributed by atoms with E-state index in [1.807, 2.05) is 18.8 Å². The largest absolute Gasteiger partial charge is 0.381 e. The highest BCUT2D eigenvalue weighted by atomic mass is 16.5. The number of nitrogens with one attached hydrogen (secondary N) is 1. The lowest BCUT2D eigenvalue weighted by atomic mass is 10.1. The van der Waals surface area contributed by atoms with Crippen molar-refractivity contribution in [1.29, 1.82) is 0 Å². The summed E-state index contributed by atoms with van der Waals surface area (Å²) in [4.78, 5) is 2.37. The van der Waals surface area contributed by atoms with Gasteiger partial charge < -0.3 is 15.0 Å². The smallest absolute Gasteiger partial charge is 0.131 e. The summed E-state index contributed by atoms with van der Waals surface area (Å²) < 4.78 is 7.43. The van der Waals surface area contributed by atoms with Crippen LogP contribution in [0.15, 0.2) is 0 Å². The summed E-state index contributed by atoms with van der Waals surface area (Å²) in [6, 6.07) is 0.559. The zero-order valence-electron chi connectivity index (χ0n) is 11.9. The van der Waals surface area contributed by atoms with E-state index < -0.39 is 0 Å². The van der Waals surface area contributed by atoms with Gasteiger partial charge in [-0.25, -0.2) is 0 Å². The molecule has 0 saturated carbocycles. The van der Waals surface area contributed by atoms with E-state index >= 15 is 0 Å². The van der Waals surface area contributed by atoms with Crippen LogP contribution in [0.2, 0.25) is 0 Å². The van der Waals surface area contributed by atoms with E-state index in [0.717, 1.165) is 38.3 Å². The third-order valence-corrected chi connectivity index (χ3v) is 3.74. The minimum atomic E-state index is 0.559. The highest BCUT2D eigenvalue weighted by Gasteiger charge is 2.24. The molecule has 1 aliphatic rings. The number of rotatable bonds is 4. The fourth-order valence-electron chi connectivity index (χ4n) is 2.76. The van der Waals surface area contributed by atoms with Gasteiger partial charge in [0.2, 0.25) is 0 Å². The van der Waals surface area contributed by atoms with Crippen molar-refractivity contribution in [2.45, 2.75) is 32.4 Å². The van der Waals surface area contributed by atoms with Crippen molar-refractivity contribution >= 4 is 5.82 Å². The molecule has 0 aromatic carbocycles. The monoisotopic (exact) mass is 252 g/mol.